The van der Waals surface area contributed by atoms with Crippen LogP contribution >= 0.6 is 13.5 Å². The summed E-state index contributed by atoms with van der Waals surface area (Å²) in [7, 11) is 0. The molecule has 142 valence electrons. The van der Waals surface area contributed by atoms with Crippen molar-refractivity contribution in [2.24, 2.45) is 5.92 Å². The van der Waals surface area contributed by atoms with Crippen molar-refractivity contribution in [3.63, 3.8) is 0 Å². The third-order valence-electron chi connectivity index (χ3n) is 4.88. The highest BCUT2D eigenvalue weighted by atomic mass is 32.1. The van der Waals surface area contributed by atoms with Crippen LogP contribution in [0.5, 0.6) is 0 Å². The van der Waals surface area contributed by atoms with Gasteiger partial charge in [-0.25, -0.2) is 14.4 Å². The molecule has 0 unspecified atom stereocenters. The summed E-state index contributed by atoms with van der Waals surface area (Å²) in [5.74, 6) is 1.04. The van der Waals surface area contributed by atoms with Gasteiger partial charge in [-0.1, -0.05) is 12.1 Å². The maximum atomic E-state index is 14.0. The SMILES string of the molecule is Cc1ccc(-c2cc3nccnc3c(NC[C@H]3CCCNC3)n2)cc1F.S. The van der Waals surface area contributed by atoms with Gasteiger partial charge in [0.2, 0.25) is 0 Å². The Morgan fingerprint density at radius 3 is 2.85 bits per heavy atom. The van der Waals surface area contributed by atoms with Crippen LogP contribution in [0, 0.1) is 18.7 Å². The predicted octanol–water partition coefficient (Wildman–Crippen LogP) is 3.66. The maximum absolute atomic E-state index is 14.0. The second-order valence-corrected chi connectivity index (χ2v) is 6.84. The molecule has 0 saturated carbocycles. The van der Waals surface area contributed by atoms with E-state index in [1.165, 1.54) is 18.9 Å². The van der Waals surface area contributed by atoms with Gasteiger partial charge in [-0.2, -0.15) is 13.5 Å². The van der Waals surface area contributed by atoms with Crippen LogP contribution in [0.1, 0.15) is 18.4 Å². The van der Waals surface area contributed by atoms with Gasteiger partial charge >= 0.3 is 0 Å². The molecule has 1 aliphatic heterocycles. The van der Waals surface area contributed by atoms with Crippen LogP contribution in [0.3, 0.4) is 0 Å². The van der Waals surface area contributed by atoms with Gasteiger partial charge in [0.1, 0.15) is 11.3 Å². The van der Waals surface area contributed by atoms with Crippen LogP contribution in [0.25, 0.3) is 22.3 Å². The fourth-order valence-electron chi connectivity index (χ4n) is 3.33. The molecule has 2 N–H and O–H groups in total. The second kappa shape index (κ2) is 8.63. The van der Waals surface area contributed by atoms with E-state index in [4.69, 9.17) is 4.98 Å². The fourth-order valence-corrected chi connectivity index (χ4v) is 3.33. The Hall–Kier alpha value is -2.25. The zero-order chi connectivity index (χ0) is 17.9. The van der Waals surface area contributed by atoms with Crippen LogP contribution in [0.15, 0.2) is 36.7 Å². The van der Waals surface area contributed by atoms with Crippen molar-refractivity contribution >= 4 is 30.3 Å². The van der Waals surface area contributed by atoms with E-state index in [-0.39, 0.29) is 19.3 Å². The standard InChI is InChI=1S/C20H22FN5.H2S/c1-13-4-5-15(9-16(13)21)17-10-18-19(24-8-7-23-18)20(26-17)25-12-14-3-2-6-22-11-14;/h4-5,7-10,14,22H,2-3,6,11-12H2,1H3,(H,25,26);1H2/t14-;/m0./s1. The van der Waals surface area contributed by atoms with Crippen molar-refractivity contribution in [3.8, 4) is 11.3 Å². The largest absolute Gasteiger partial charge is 0.368 e. The summed E-state index contributed by atoms with van der Waals surface area (Å²) < 4.78 is 14.0. The number of pyridine rings is 1. The van der Waals surface area contributed by atoms with Gasteiger partial charge in [0.25, 0.3) is 0 Å². The first-order chi connectivity index (χ1) is 12.7. The topological polar surface area (TPSA) is 62.7 Å². The van der Waals surface area contributed by atoms with E-state index in [0.717, 1.165) is 36.2 Å². The lowest BCUT2D eigenvalue weighted by molar-refractivity contribution is 0.392. The van der Waals surface area contributed by atoms with Crippen LogP contribution < -0.4 is 10.6 Å². The van der Waals surface area contributed by atoms with E-state index < -0.39 is 0 Å². The van der Waals surface area contributed by atoms with Crippen LogP contribution in [0.4, 0.5) is 10.2 Å². The minimum Gasteiger partial charge on any atom is -0.368 e. The van der Waals surface area contributed by atoms with Gasteiger partial charge in [-0.3, -0.25) is 4.98 Å². The minimum absolute atomic E-state index is 0. The first-order valence-electron chi connectivity index (χ1n) is 9.03. The number of aromatic nitrogens is 3. The molecule has 1 aliphatic rings. The minimum atomic E-state index is -0.230. The lowest BCUT2D eigenvalue weighted by Crippen LogP contribution is -2.33. The molecule has 1 aromatic carbocycles. The quantitative estimate of drug-likeness (QED) is 0.718. The molecular formula is C20H24FN5S. The molecule has 0 bridgehead atoms. The van der Waals surface area contributed by atoms with Crippen molar-refractivity contribution in [1.29, 1.82) is 0 Å². The van der Waals surface area contributed by atoms with Crippen LogP contribution in [0.2, 0.25) is 0 Å². The summed E-state index contributed by atoms with van der Waals surface area (Å²) in [6.07, 6.45) is 5.73. The van der Waals surface area contributed by atoms with E-state index in [9.17, 15) is 4.39 Å². The molecule has 7 heteroatoms. The Morgan fingerprint density at radius 2 is 2.07 bits per heavy atom. The van der Waals surface area contributed by atoms with Gasteiger partial charge in [-0.05, 0) is 56.5 Å². The predicted molar refractivity (Wildman–Crippen MR) is 112 cm³/mol. The first kappa shape index (κ1) is 19.5. The number of nitrogens with zero attached hydrogens (tertiary/aromatic N) is 3. The molecule has 3 heterocycles. The normalized spacial score (nSPS) is 16.7. The highest BCUT2D eigenvalue weighted by molar-refractivity contribution is 7.59. The highest BCUT2D eigenvalue weighted by Crippen LogP contribution is 2.27. The molecule has 27 heavy (non-hydrogen) atoms. The number of hydrogen-bond acceptors (Lipinski definition) is 5. The van der Waals surface area contributed by atoms with Crippen LogP contribution in [-0.4, -0.2) is 34.6 Å². The van der Waals surface area contributed by atoms with E-state index in [1.54, 1.807) is 25.4 Å². The van der Waals surface area contributed by atoms with Gasteiger partial charge < -0.3 is 10.6 Å². The molecule has 0 radical (unpaired) electrons. The summed E-state index contributed by atoms with van der Waals surface area (Å²) in [5.41, 5.74) is 3.55. The number of halogens is 1. The molecule has 3 aromatic rings. The number of benzene rings is 1. The first-order valence-corrected chi connectivity index (χ1v) is 9.03. The Morgan fingerprint density at radius 1 is 1.22 bits per heavy atom. The number of fused-ring (bicyclic) bond motifs is 1. The van der Waals surface area contributed by atoms with E-state index in [2.05, 4.69) is 20.6 Å². The number of anilines is 1. The molecule has 0 spiro atoms. The fraction of sp³-hybridized carbons (Fsp3) is 0.350. The van der Waals surface area contributed by atoms with Crippen molar-refractivity contribution in [2.45, 2.75) is 19.8 Å². The van der Waals surface area contributed by atoms with Crippen molar-refractivity contribution in [1.82, 2.24) is 20.3 Å². The zero-order valence-corrected chi connectivity index (χ0v) is 16.3. The summed E-state index contributed by atoms with van der Waals surface area (Å²) in [6, 6.07) is 7.04. The molecule has 1 saturated heterocycles. The summed E-state index contributed by atoms with van der Waals surface area (Å²) >= 11 is 0. The molecule has 2 aromatic heterocycles. The smallest absolute Gasteiger partial charge is 0.154 e. The third-order valence-corrected chi connectivity index (χ3v) is 4.88. The Bertz CT molecular complexity index is 927. The Kier molecular flexibility index (Phi) is 6.23. The van der Waals surface area contributed by atoms with Crippen molar-refractivity contribution in [2.75, 3.05) is 25.0 Å². The lowest BCUT2D eigenvalue weighted by Gasteiger charge is -2.23. The highest BCUT2D eigenvalue weighted by Gasteiger charge is 2.15. The van der Waals surface area contributed by atoms with Crippen molar-refractivity contribution < 1.29 is 4.39 Å². The molecule has 0 aliphatic carbocycles. The Balaban J connectivity index is 0.00000210. The molecule has 0 amide bonds. The van der Waals surface area contributed by atoms with Crippen LogP contribution in [-0.2, 0) is 0 Å². The number of rotatable bonds is 4. The summed E-state index contributed by atoms with van der Waals surface area (Å²) in [6.45, 7) is 4.69. The van der Waals surface area contributed by atoms with Gasteiger partial charge in [0.05, 0.1) is 11.2 Å². The average molecular weight is 386 g/mol. The monoisotopic (exact) mass is 385 g/mol. The van der Waals surface area contributed by atoms with E-state index in [1.807, 2.05) is 12.1 Å². The molecule has 4 rings (SSSR count). The molecule has 5 nitrogen and oxygen atoms in total. The van der Waals surface area contributed by atoms with Gasteiger partial charge in [0.15, 0.2) is 5.82 Å². The number of nitrogens with one attached hydrogen (secondary N) is 2. The van der Waals surface area contributed by atoms with E-state index in [0.29, 0.717) is 23.0 Å². The number of piperidine rings is 1. The zero-order valence-electron chi connectivity index (χ0n) is 15.3. The average Bonchev–Trinajstić information content (AvgIpc) is 2.69. The number of hydrogen-bond donors (Lipinski definition) is 2. The van der Waals surface area contributed by atoms with Gasteiger partial charge in [-0.15, -0.1) is 0 Å². The maximum Gasteiger partial charge on any atom is 0.154 e. The summed E-state index contributed by atoms with van der Waals surface area (Å²) in [5, 5.41) is 6.87. The lowest BCUT2D eigenvalue weighted by atomic mass is 10.00. The Labute approximate surface area is 165 Å². The van der Waals surface area contributed by atoms with E-state index >= 15 is 0 Å². The summed E-state index contributed by atoms with van der Waals surface area (Å²) in [4.78, 5) is 13.6. The molecule has 1 atom stereocenters. The third kappa shape index (κ3) is 4.36. The number of aryl methyl sites for hydroxylation is 1. The second-order valence-electron chi connectivity index (χ2n) is 6.84. The van der Waals surface area contributed by atoms with Crippen molar-refractivity contribution in [3.05, 3.63) is 48.0 Å². The molecule has 1 fully saturated rings. The van der Waals surface area contributed by atoms with Gasteiger partial charge in [0, 0.05) is 24.5 Å². The molecular weight excluding hydrogens is 361 g/mol.